The summed E-state index contributed by atoms with van der Waals surface area (Å²) in [7, 11) is 0. The molecule has 5 nitrogen and oxygen atoms in total. The van der Waals surface area contributed by atoms with Crippen molar-refractivity contribution in [2.24, 2.45) is 0 Å². The summed E-state index contributed by atoms with van der Waals surface area (Å²) in [6.07, 6.45) is 1.77. The number of nitrogens with zero attached hydrogens (tertiary/aromatic N) is 3. The van der Waals surface area contributed by atoms with Crippen molar-refractivity contribution in [3.05, 3.63) is 46.0 Å². The lowest BCUT2D eigenvalue weighted by molar-refractivity contribution is 0.143. The Morgan fingerprint density at radius 3 is 2.95 bits per heavy atom. The van der Waals surface area contributed by atoms with Gasteiger partial charge in [-0.15, -0.1) is 0 Å². The highest BCUT2D eigenvalue weighted by Gasteiger charge is 2.23. The number of fused-ring (bicyclic) bond motifs is 1. The van der Waals surface area contributed by atoms with Gasteiger partial charge in [0.05, 0.1) is 5.69 Å². The average molecular weight is 272 g/mol. The van der Waals surface area contributed by atoms with Crippen LogP contribution in [0.15, 0.2) is 29.2 Å². The zero-order chi connectivity index (χ0) is 14.1. The van der Waals surface area contributed by atoms with Gasteiger partial charge >= 0.3 is 0 Å². The molecule has 0 unspecified atom stereocenters. The van der Waals surface area contributed by atoms with Crippen molar-refractivity contribution in [2.45, 2.75) is 26.4 Å². The van der Waals surface area contributed by atoms with E-state index in [1.54, 1.807) is 16.7 Å². The van der Waals surface area contributed by atoms with Gasteiger partial charge in [-0.1, -0.05) is 13.0 Å². The molecule has 0 amide bonds. The molecule has 2 aromatic heterocycles. The Labute approximate surface area is 118 Å². The van der Waals surface area contributed by atoms with Gasteiger partial charge in [-0.2, -0.15) is 0 Å². The van der Waals surface area contributed by atoms with E-state index in [-0.39, 0.29) is 5.56 Å². The number of hydrogen-bond acceptors (Lipinski definition) is 4. The number of nitrogens with one attached hydrogen (secondary N) is 1. The highest BCUT2D eigenvalue weighted by molar-refractivity contribution is 5.46. The van der Waals surface area contributed by atoms with Gasteiger partial charge in [-0.3, -0.25) is 14.1 Å². The van der Waals surface area contributed by atoms with E-state index < -0.39 is 0 Å². The molecular weight excluding hydrogens is 252 g/mol. The molecule has 0 aromatic carbocycles. The fourth-order valence-corrected chi connectivity index (χ4v) is 2.63. The average Bonchev–Trinajstić information content (AvgIpc) is 2.37. The molecule has 0 bridgehead atoms. The summed E-state index contributed by atoms with van der Waals surface area (Å²) in [5.74, 6) is 0. The molecule has 106 valence electrons. The van der Waals surface area contributed by atoms with E-state index in [0.717, 1.165) is 43.1 Å². The minimum absolute atomic E-state index is 0.00325. The number of aryl methyl sites for hydroxylation is 1. The van der Waals surface area contributed by atoms with Crippen LogP contribution in [0.25, 0.3) is 5.65 Å². The Balaban J connectivity index is 1.95. The Morgan fingerprint density at radius 1 is 1.50 bits per heavy atom. The SMILES string of the molecule is CCN(Cc1cc(=O)n2cccc(C)c2n1)C1CNC1. The summed E-state index contributed by atoms with van der Waals surface area (Å²) in [6, 6.07) is 6.08. The maximum Gasteiger partial charge on any atom is 0.258 e. The van der Waals surface area contributed by atoms with Crippen molar-refractivity contribution in [1.29, 1.82) is 0 Å². The summed E-state index contributed by atoms with van der Waals surface area (Å²) >= 11 is 0. The van der Waals surface area contributed by atoms with Crippen LogP contribution in [0.3, 0.4) is 0 Å². The summed E-state index contributed by atoms with van der Waals surface area (Å²) in [5, 5.41) is 3.28. The van der Waals surface area contributed by atoms with Crippen molar-refractivity contribution < 1.29 is 0 Å². The lowest BCUT2D eigenvalue weighted by Crippen LogP contribution is -2.56. The molecule has 20 heavy (non-hydrogen) atoms. The Hall–Kier alpha value is -1.72. The summed E-state index contributed by atoms with van der Waals surface area (Å²) in [5.41, 5.74) is 2.65. The van der Waals surface area contributed by atoms with Crippen LogP contribution in [0.2, 0.25) is 0 Å². The van der Waals surface area contributed by atoms with Gasteiger partial charge in [-0.05, 0) is 25.1 Å². The summed E-state index contributed by atoms with van der Waals surface area (Å²) < 4.78 is 1.61. The van der Waals surface area contributed by atoms with E-state index in [2.05, 4.69) is 22.1 Å². The molecule has 1 aliphatic rings. The maximum absolute atomic E-state index is 12.2. The maximum atomic E-state index is 12.2. The molecule has 1 saturated heterocycles. The van der Waals surface area contributed by atoms with E-state index in [1.807, 2.05) is 19.1 Å². The number of pyridine rings is 1. The van der Waals surface area contributed by atoms with Gasteiger partial charge < -0.3 is 5.32 Å². The lowest BCUT2D eigenvalue weighted by Gasteiger charge is -2.37. The van der Waals surface area contributed by atoms with Crippen molar-refractivity contribution in [2.75, 3.05) is 19.6 Å². The van der Waals surface area contributed by atoms with Crippen molar-refractivity contribution in [3.63, 3.8) is 0 Å². The molecular formula is C15H20N4O. The fourth-order valence-electron chi connectivity index (χ4n) is 2.63. The summed E-state index contributed by atoms with van der Waals surface area (Å²) in [4.78, 5) is 19.2. The number of likely N-dealkylation sites (N-methyl/N-ethyl adjacent to an activating group) is 1. The van der Waals surface area contributed by atoms with Gasteiger partial charge in [0, 0.05) is 37.9 Å². The molecule has 0 radical (unpaired) electrons. The van der Waals surface area contributed by atoms with Gasteiger partial charge in [0.1, 0.15) is 5.65 Å². The first-order valence-corrected chi connectivity index (χ1v) is 7.11. The van der Waals surface area contributed by atoms with E-state index in [1.165, 1.54) is 0 Å². The molecule has 0 aliphatic carbocycles. The molecule has 5 heteroatoms. The minimum Gasteiger partial charge on any atom is -0.314 e. The van der Waals surface area contributed by atoms with Crippen LogP contribution < -0.4 is 10.9 Å². The monoisotopic (exact) mass is 272 g/mol. The van der Waals surface area contributed by atoms with Gasteiger partial charge in [0.15, 0.2) is 0 Å². The Morgan fingerprint density at radius 2 is 2.30 bits per heavy atom. The van der Waals surface area contributed by atoms with Crippen LogP contribution in [0.4, 0.5) is 0 Å². The second-order valence-corrected chi connectivity index (χ2v) is 5.35. The summed E-state index contributed by atoms with van der Waals surface area (Å²) in [6.45, 7) is 7.90. The van der Waals surface area contributed by atoms with Gasteiger partial charge in [0.2, 0.25) is 0 Å². The third kappa shape index (κ3) is 2.34. The number of hydrogen-bond donors (Lipinski definition) is 1. The standard InChI is InChI=1S/C15H20N4O/c1-3-18(13-8-16-9-13)10-12-7-14(20)19-6-4-5-11(2)15(19)17-12/h4-7,13,16H,3,8-10H2,1-2H3. The predicted octanol–water partition coefficient (Wildman–Crippen LogP) is 0.797. The van der Waals surface area contributed by atoms with E-state index in [9.17, 15) is 4.79 Å². The van der Waals surface area contributed by atoms with E-state index in [0.29, 0.717) is 6.04 Å². The lowest BCUT2D eigenvalue weighted by atomic mass is 10.1. The number of aromatic nitrogens is 2. The zero-order valence-electron chi connectivity index (χ0n) is 12.0. The fraction of sp³-hybridized carbons (Fsp3) is 0.467. The van der Waals surface area contributed by atoms with Gasteiger partial charge in [-0.25, -0.2) is 4.98 Å². The topological polar surface area (TPSA) is 49.6 Å². The molecule has 3 heterocycles. The van der Waals surface area contributed by atoms with Crippen LogP contribution in [-0.2, 0) is 6.54 Å². The first kappa shape index (κ1) is 13.3. The zero-order valence-corrected chi connectivity index (χ0v) is 12.0. The second-order valence-electron chi connectivity index (χ2n) is 5.35. The van der Waals surface area contributed by atoms with Crippen LogP contribution >= 0.6 is 0 Å². The molecule has 1 fully saturated rings. The Bertz CT molecular complexity index is 675. The third-order valence-corrected chi connectivity index (χ3v) is 3.99. The van der Waals surface area contributed by atoms with E-state index >= 15 is 0 Å². The van der Waals surface area contributed by atoms with Crippen LogP contribution in [0.1, 0.15) is 18.2 Å². The van der Waals surface area contributed by atoms with Crippen molar-refractivity contribution in [1.82, 2.24) is 19.6 Å². The van der Waals surface area contributed by atoms with Crippen LogP contribution in [-0.4, -0.2) is 40.0 Å². The Kier molecular flexibility index (Phi) is 3.54. The molecule has 0 saturated carbocycles. The largest absolute Gasteiger partial charge is 0.314 e. The highest BCUT2D eigenvalue weighted by atomic mass is 16.1. The molecule has 0 atom stereocenters. The third-order valence-electron chi connectivity index (χ3n) is 3.99. The highest BCUT2D eigenvalue weighted by Crippen LogP contribution is 2.11. The molecule has 1 N–H and O–H groups in total. The van der Waals surface area contributed by atoms with Gasteiger partial charge in [0.25, 0.3) is 5.56 Å². The quantitative estimate of drug-likeness (QED) is 0.894. The predicted molar refractivity (Wildman–Crippen MR) is 78.9 cm³/mol. The molecule has 1 aliphatic heterocycles. The van der Waals surface area contributed by atoms with Crippen molar-refractivity contribution >= 4 is 5.65 Å². The molecule has 2 aromatic rings. The first-order chi connectivity index (χ1) is 9.69. The van der Waals surface area contributed by atoms with Crippen molar-refractivity contribution in [3.8, 4) is 0 Å². The molecule has 0 spiro atoms. The number of rotatable bonds is 4. The minimum atomic E-state index is -0.00325. The smallest absolute Gasteiger partial charge is 0.258 e. The van der Waals surface area contributed by atoms with E-state index in [4.69, 9.17) is 0 Å². The normalized spacial score (nSPS) is 15.8. The van der Waals surface area contributed by atoms with Crippen LogP contribution in [0.5, 0.6) is 0 Å². The second kappa shape index (κ2) is 5.34. The first-order valence-electron chi connectivity index (χ1n) is 7.11. The molecule has 3 rings (SSSR count). The van der Waals surface area contributed by atoms with Crippen LogP contribution in [0, 0.1) is 6.92 Å².